The van der Waals surface area contributed by atoms with E-state index in [-0.39, 0.29) is 0 Å². The number of benzene rings is 1. The van der Waals surface area contributed by atoms with Crippen LogP contribution in [0.25, 0.3) is 11.2 Å². The molecule has 0 fully saturated rings. The van der Waals surface area contributed by atoms with Gasteiger partial charge in [0.2, 0.25) is 0 Å². The highest BCUT2D eigenvalue weighted by atomic mass is 79.9. The molecule has 6 heteroatoms. The highest BCUT2D eigenvalue weighted by molar-refractivity contribution is 9.10. The lowest BCUT2D eigenvalue weighted by atomic mass is 10.3. The molecule has 0 bridgehead atoms. The van der Waals surface area contributed by atoms with Crippen molar-refractivity contribution >= 4 is 27.1 Å². The Morgan fingerprint density at radius 2 is 2.15 bits per heavy atom. The minimum absolute atomic E-state index is 0.368. The van der Waals surface area contributed by atoms with Crippen LogP contribution in [0.4, 0.5) is 0 Å². The predicted octanol–water partition coefficient (Wildman–Crippen LogP) is 2.73. The zero-order valence-corrected chi connectivity index (χ0v) is 12.4. The Labute approximate surface area is 124 Å². The molecule has 0 aliphatic rings. The Balaban J connectivity index is 1.76. The molecular weight excluding hydrogens is 322 g/mol. The van der Waals surface area contributed by atoms with Crippen molar-refractivity contribution in [1.82, 2.24) is 9.97 Å². The summed E-state index contributed by atoms with van der Waals surface area (Å²) >= 11 is 3.41. The Kier molecular flexibility index (Phi) is 3.56. The van der Waals surface area contributed by atoms with Gasteiger partial charge in [0, 0.05) is 6.07 Å². The molecule has 0 saturated heterocycles. The van der Waals surface area contributed by atoms with Gasteiger partial charge >= 0.3 is 5.65 Å². The van der Waals surface area contributed by atoms with Gasteiger partial charge in [-0.2, -0.15) is 0 Å². The second-order valence-corrected chi connectivity index (χ2v) is 5.15. The van der Waals surface area contributed by atoms with Crippen molar-refractivity contribution in [3.8, 4) is 11.5 Å². The van der Waals surface area contributed by atoms with Crippen molar-refractivity contribution in [2.24, 2.45) is 0 Å². The molecule has 0 radical (unpaired) electrons. The summed E-state index contributed by atoms with van der Waals surface area (Å²) < 4.78 is 11.8. The summed E-state index contributed by atoms with van der Waals surface area (Å²) in [5.74, 6) is 2.27. The Hall–Kier alpha value is -2.08. The van der Waals surface area contributed by atoms with Crippen molar-refractivity contribution in [3.63, 3.8) is 0 Å². The zero-order chi connectivity index (χ0) is 13.9. The van der Waals surface area contributed by atoms with E-state index in [0.29, 0.717) is 6.61 Å². The molecule has 20 heavy (non-hydrogen) atoms. The summed E-state index contributed by atoms with van der Waals surface area (Å²) in [4.78, 5) is 10.7. The van der Waals surface area contributed by atoms with Gasteiger partial charge < -0.3 is 14.5 Å². The van der Waals surface area contributed by atoms with Gasteiger partial charge in [-0.15, -0.1) is 0 Å². The molecule has 2 aromatic heterocycles. The molecule has 0 unspecified atom stereocenters. The number of aromatic nitrogens is 3. The Morgan fingerprint density at radius 1 is 1.30 bits per heavy atom. The first-order valence-corrected chi connectivity index (χ1v) is 6.86. The maximum atomic E-state index is 5.69. The van der Waals surface area contributed by atoms with Crippen molar-refractivity contribution in [1.29, 1.82) is 0 Å². The minimum Gasteiger partial charge on any atom is -0.497 e. The first-order chi connectivity index (χ1) is 9.74. The molecule has 2 heterocycles. The molecule has 0 aliphatic heterocycles. The van der Waals surface area contributed by atoms with Crippen molar-refractivity contribution in [2.75, 3.05) is 7.11 Å². The third-order valence-corrected chi connectivity index (χ3v) is 3.28. The SMILES string of the molecule is COc1cccc(OCc2nc3[nH+]cc(Br)cc3[nH]2)c1. The summed E-state index contributed by atoms with van der Waals surface area (Å²) in [6.45, 7) is 0.368. The van der Waals surface area contributed by atoms with Gasteiger partial charge in [-0.3, -0.25) is 0 Å². The standard InChI is InChI=1S/C14H12BrN3O2/c1-19-10-3-2-4-11(6-10)20-8-13-17-12-5-9(15)7-16-14(12)18-13/h2-7H,8H2,1H3,(H,16,17,18)/p+1. The van der Waals surface area contributed by atoms with Crippen LogP contribution in [-0.4, -0.2) is 17.1 Å². The second kappa shape index (κ2) is 5.50. The van der Waals surface area contributed by atoms with E-state index < -0.39 is 0 Å². The Morgan fingerprint density at radius 3 is 3.00 bits per heavy atom. The first-order valence-electron chi connectivity index (χ1n) is 6.07. The number of H-pyrrole nitrogens is 2. The lowest BCUT2D eigenvalue weighted by Crippen LogP contribution is -2.02. The van der Waals surface area contributed by atoms with Gasteiger partial charge in [-0.25, -0.2) is 4.98 Å². The molecule has 1 aromatic carbocycles. The summed E-state index contributed by atoms with van der Waals surface area (Å²) in [7, 11) is 1.63. The molecule has 3 aromatic rings. The number of aromatic amines is 2. The topological polar surface area (TPSA) is 61.3 Å². The lowest BCUT2D eigenvalue weighted by Gasteiger charge is -2.04. The highest BCUT2D eigenvalue weighted by Crippen LogP contribution is 2.20. The van der Waals surface area contributed by atoms with Crippen LogP contribution >= 0.6 is 15.9 Å². The van der Waals surface area contributed by atoms with Gasteiger partial charge in [-0.05, 0) is 39.1 Å². The maximum Gasteiger partial charge on any atom is 0.346 e. The summed E-state index contributed by atoms with van der Waals surface area (Å²) in [6.07, 6.45) is 1.84. The number of methoxy groups -OCH3 is 1. The summed E-state index contributed by atoms with van der Waals surface area (Å²) in [5.41, 5.74) is 1.74. The van der Waals surface area contributed by atoms with Crippen LogP contribution in [0.15, 0.2) is 41.0 Å². The Bertz CT molecular complexity index is 742. The second-order valence-electron chi connectivity index (χ2n) is 4.23. The molecule has 0 spiro atoms. The molecule has 102 valence electrons. The van der Waals surface area contributed by atoms with Crippen LogP contribution < -0.4 is 14.5 Å². The number of imidazole rings is 1. The van der Waals surface area contributed by atoms with Gasteiger partial charge in [0.25, 0.3) is 5.82 Å². The molecular formula is C14H13BrN3O2+. The molecule has 0 saturated carbocycles. The average molecular weight is 335 g/mol. The molecule has 5 nitrogen and oxygen atoms in total. The van der Waals surface area contributed by atoms with Gasteiger partial charge in [0.15, 0.2) is 6.61 Å². The number of nitrogens with one attached hydrogen (secondary N) is 2. The number of halogens is 1. The highest BCUT2D eigenvalue weighted by Gasteiger charge is 2.13. The van der Waals surface area contributed by atoms with E-state index in [4.69, 9.17) is 9.47 Å². The van der Waals surface area contributed by atoms with E-state index in [1.807, 2.05) is 36.5 Å². The fourth-order valence-corrected chi connectivity index (χ4v) is 2.22. The number of pyridine rings is 1. The van der Waals surface area contributed by atoms with Crippen molar-refractivity contribution in [2.45, 2.75) is 6.61 Å². The zero-order valence-electron chi connectivity index (χ0n) is 10.8. The summed E-state index contributed by atoms with van der Waals surface area (Å²) in [5, 5.41) is 0. The van der Waals surface area contributed by atoms with Crippen LogP contribution in [0.5, 0.6) is 11.5 Å². The summed E-state index contributed by atoms with van der Waals surface area (Å²) in [6, 6.07) is 9.45. The predicted molar refractivity (Wildman–Crippen MR) is 77.7 cm³/mol. The fourth-order valence-electron chi connectivity index (χ4n) is 1.88. The van der Waals surface area contributed by atoms with Crippen LogP contribution in [-0.2, 0) is 6.61 Å². The number of ether oxygens (including phenoxy) is 2. The van der Waals surface area contributed by atoms with Crippen LogP contribution in [0, 0.1) is 0 Å². The van der Waals surface area contributed by atoms with E-state index >= 15 is 0 Å². The smallest absolute Gasteiger partial charge is 0.346 e. The third kappa shape index (κ3) is 2.75. The van der Waals surface area contributed by atoms with Gasteiger partial charge in [0.05, 0.1) is 11.6 Å². The minimum atomic E-state index is 0.368. The number of hydrogen-bond acceptors (Lipinski definition) is 3. The van der Waals surface area contributed by atoms with Crippen molar-refractivity contribution < 1.29 is 14.5 Å². The normalized spacial score (nSPS) is 10.7. The molecule has 0 aliphatic carbocycles. The van der Waals surface area contributed by atoms with Gasteiger partial charge in [-0.1, -0.05) is 6.07 Å². The van der Waals surface area contributed by atoms with E-state index in [1.54, 1.807) is 7.11 Å². The van der Waals surface area contributed by atoms with E-state index in [0.717, 1.165) is 33.0 Å². The van der Waals surface area contributed by atoms with Crippen LogP contribution in [0.2, 0.25) is 0 Å². The largest absolute Gasteiger partial charge is 0.497 e. The fraction of sp³-hybridized carbons (Fsp3) is 0.143. The average Bonchev–Trinajstić information content (AvgIpc) is 2.87. The van der Waals surface area contributed by atoms with Crippen LogP contribution in [0.3, 0.4) is 0 Å². The molecule has 3 rings (SSSR count). The number of nitrogens with zero attached hydrogens (tertiary/aromatic N) is 1. The lowest BCUT2D eigenvalue weighted by molar-refractivity contribution is -0.348. The van der Waals surface area contributed by atoms with Crippen LogP contribution in [0.1, 0.15) is 5.82 Å². The third-order valence-electron chi connectivity index (χ3n) is 2.83. The van der Waals surface area contributed by atoms with E-state index in [2.05, 4.69) is 30.9 Å². The first kappa shape index (κ1) is 12.9. The van der Waals surface area contributed by atoms with Gasteiger partial charge in [0.1, 0.15) is 23.2 Å². The quantitative estimate of drug-likeness (QED) is 0.797. The molecule has 0 amide bonds. The molecule has 0 atom stereocenters. The van der Waals surface area contributed by atoms with E-state index in [9.17, 15) is 0 Å². The molecule has 2 N–H and O–H groups in total. The number of fused-ring (bicyclic) bond motifs is 1. The monoisotopic (exact) mass is 334 g/mol. The maximum absolute atomic E-state index is 5.69. The van der Waals surface area contributed by atoms with E-state index in [1.165, 1.54) is 0 Å². The van der Waals surface area contributed by atoms with Crippen molar-refractivity contribution in [3.05, 3.63) is 46.8 Å². The number of rotatable bonds is 4. The number of hydrogen-bond donors (Lipinski definition) is 1.